The van der Waals surface area contributed by atoms with Gasteiger partial charge < -0.3 is 18.6 Å². The Bertz CT molecular complexity index is 1280. The lowest BCUT2D eigenvalue weighted by atomic mass is 10.1. The lowest BCUT2D eigenvalue weighted by Gasteiger charge is -2.39. The minimum absolute atomic E-state index is 0.340. The van der Waals surface area contributed by atoms with Crippen molar-refractivity contribution in [1.29, 1.82) is 0 Å². The summed E-state index contributed by atoms with van der Waals surface area (Å²) in [5.41, 5.74) is 2.95. The molecule has 1 fully saturated rings. The third-order valence-corrected chi connectivity index (χ3v) is 5.79. The van der Waals surface area contributed by atoms with Gasteiger partial charge in [0.15, 0.2) is 11.4 Å². The molecule has 29 heavy (non-hydrogen) atoms. The number of imidazole rings is 1. The van der Waals surface area contributed by atoms with Crippen molar-refractivity contribution in [2.24, 2.45) is 0 Å². The van der Waals surface area contributed by atoms with Crippen molar-refractivity contribution < 1.29 is 4.42 Å². The Morgan fingerprint density at radius 2 is 2.03 bits per heavy atom. The molecule has 1 aromatic carbocycles. The number of rotatable bonds is 2. The Labute approximate surface area is 168 Å². The van der Waals surface area contributed by atoms with E-state index in [2.05, 4.69) is 39.8 Å². The van der Waals surface area contributed by atoms with E-state index in [1.165, 1.54) is 0 Å². The molecule has 4 heterocycles. The Morgan fingerprint density at radius 1 is 1.17 bits per heavy atom. The van der Waals surface area contributed by atoms with Gasteiger partial charge in [0.05, 0.1) is 17.3 Å². The highest BCUT2D eigenvalue weighted by Crippen LogP contribution is 2.26. The van der Waals surface area contributed by atoms with Gasteiger partial charge in [0.2, 0.25) is 0 Å². The Balaban J connectivity index is 1.54. The summed E-state index contributed by atoms with van der Waals surface area (Å²) in [6.07, 6.45) is 5.46. The predicted molar refractivity (Wildman–Crippen MR) is 114 cm³/mol. The molecule has 0 bridgehead atoms. The first-order valence-electron chi connectivity index (χ1n) is 9.83. The minimum Gasteiger partial charge on any atom is -0.421 e. The Kier molecular flexibility index (Phi) is 4.13. The molecule has 1 aliphatic rings. The molecular formula is C22H23N5O2. The van der Waals surface area contributed by atoms with Crippen LogP contribution in [0.4, 0.5) is 5.69 Å². The van der Waals surface area contributed by atoms with Crippen LogP contribution in [0.25, 0.3) is 27.9 Å². The summed E-state index contributed by atoms with van der Waals surface area (Å²) in [5.74, 6) is 0.463. The van der Waals surface area contributed by atoms with Gasteiger partial charge in [-0.15, -0.1) is 0 Å². The average Bonchev–Trinajstić information content (AvgIpc) is 3.13. The molecule has 5 rings (SSSR count). The highest BCUT2D eigenvalue weighted by Gasteiger charge is 2.21. The molecule has 1 aliphatic heterocycles. The molecule has 148 valence electrons. The van der Waals surface area contributed by atoms with Gasteiger partial charge >= 0.3 is 5.63 Å². The van der Waals surface area contributed by atoms with Gasteiger partial charge in [-0.25, -0.2) is 9.78 Å². The van der Waals surface area contributed by atoms with Crippen molar-refractivity contribution in [3.05, 3.63) is 59.0 Å². The fourth-order valence-electron chi connectivity index (χ4n) is 3.90. The first kappa shape index (κ1) is 17.9. The van der Waals surface area contributed by atoms with E-state index in [1.54, 1.807) is 6.20 Å². The van der Waals surface area contributed by atoms with E-state index in [1.807, 2.05) is 41.9 Å². The van der Waals surface area contributed by atoms with Crippen LogP contribution in [0.15, 0.2) is 52.1 Å². The standard InChI is InChI=1S/C22H23N5O2/c1-14-11-27-13-19(24-21(27)10-23-14)20-8-16-4-5-17(9-18(16)22(28)29-20)26-7-6-25(3)15(2)12-26/h4-5,8-11,13,15H,6-7,12H2,1-3H3/t15-/m1/s1. The van der Waals surface area contributed by atoms with Crippen molar-refractivity contribution in [2.75, 3.05) is 31.6 Å². The van der Waals surface area contributed by atoms with Gasteiger partial charge in [-0.2, -0.15) is 0 Å². The number of anilines is 1. The summed E-state index contributed by atoms with van der Waals surface area (Å²) in [7, 11) is 2.15. The summed E-state index contributed by atoms with van der Waals surface area (Å²) in [6.45, 7) is 7.05. The number of hydrogen-bond donors (Lipinski definition) is 0. The van der Waals surface area contributed by atoms with Crippen LogP contribution in [-0.4, -0.2) is 52.0 Å². The summed E-state index contributed by atoms with van der Waals surface area (Å²) in [5, 5.41) is 1.45. The molecule has 0 spiro atoms. The molecular weight excluding hydrogens is 366 g/mol. The molecule has 0 amide bonds. The van der Waals surface area contributed by atoms with E-state index in [-0.39, 0.29) is 5.63 Å². The van der Waals surface area contributed by atoms with Crippen LogP contribution < -0.4 is 10.5 Å². The van der Waals surface area contributed by atoms with Crippen LogP contribution in [0.3, 0.4) is 0 Å². The topological polar surface area (TPSA) is 66.9 Å². The number of aromatic nitrogens is 3. The SMILES string of the molecule is Cc1cn2cc(-c3cc4ccc(N5CCN(C)[C@H](C)C5)cc4c(=O)o3)nc2cn1. The largest absolute Gasteiger partial charge is 0.421 e. The van der Waals surface area contributed by atoms with Crippen LogP contribution in [-0.2, 0) is 0 Å². The van der Waals surface area contributed by atoms with Crippen LogP contribution in [0.5, 0.6) is 0 Å². The molecule has 3 aromatic heterocycles. The average molecular weight is 389 g/mol. The van der Waals surface area contributed by atoms with E-state index in [0.717, 1.165) is 36.4 Å². The number of fused-ring (bicyclic) bond motifs is 2. The molecule has 0 saturated carbocycles. The second kappa shape index (κ2) is 6.70. The van der Waals surface area contributed by atoms with Crippen molar-refractivity contribution in [3.63, 3.8) is 0 Å². The Morgan fingerprint density at radius 3 is 2.86 bits per heavy atom. The minimum atomic E-state index is -0.340. The molecule has 7 nitrogen and oxygen atoms in total. The van der Waals surface area contributed by atoms with Gasteiger partial charge in [-0.1, -0.05) is 6.07 Å². The van der Waals surface area contributed by atoms with E-state index in [0.29, 0.717) is 28.5 Å². The summed E-state index contributed by atoms with van der Waals surface area (Å²) in [4.78, 5) is 26.2. The third kappa shape index (κ3) is 3.17. The monoisotopic (exact) mass is 389 g/mol. The number of benzene rings is 1. The summed E-state index contributed by atoms with van der Waals surface area (Å²) in [6, 6.07) is 8.39. The maximum absolute atomic E-state index is 12.8. The van der Waals surface area contributed by atoms with E-state index in [4.69, 9.17) is 4.42 Å². The summed E-state index contributed by atoms with van der Waals surface area (Å²) >= 11 is 0. The van der Waals surface area contributed by atoms with Crippen molar-refractivity contribution >= 4 is 22.1 Å². The number of hydrogen-bond acceptors (Lipinski definition) is 6. The molecule has 0 unspecified atom stereocenters. The lowest BCUT2D eigenvalue weighted by molar-refractivity contribution is 0.234. The normalized spacial score (nSPS) is 18.0. The van der Waals surface area contributed by atoms with Gasteiger partial charge in [0.1, 0.15) is 5.69 Å². The molecule has 1 atom stereocenters. The van der Waals surface area contributed by atoms with Gasteiger partial charge in [0.25, 0.3) is 0 Å². The molecule has 1 saturated heterocycles. The van der Waals surface area contributed by atoms with E-state index < -0.39 is 0 Å². The number of nitrogens with zero attached hydrogens (tertiary/aromatic N) is 5. The highest BCUT2D eigenvalue weighted by molar-refractivity contribution is 5.87. The van der Waals surface area contributed by atoms with Crippen LogP contribution in [0, 0.1) is 6.92 Å². The van der Waals surface area contributed by atoms with Crippen LogP contribution >= 0.6 is 0 Å². The van der Waals surface area contributed by atoms with Crippen LogP contribution in [0.1, 0.15) is 12.6 Å². The zero-order valence-electron chi connectivity index (χ0n) is 16.8. The van der Waals surface area contributed by atoms with Gasteiger partial charge in [-0.05, 0) is 44.5 Å². The predicted octanol–water partition coefficient (Wildman–Crippen LogP) is 2.95. The first-order chi connectivity index (χ1) is 14.0. The second-order valence-corrected chi connectivity index (χ2v) is 7.87. The first-order valence-corrected chi connectivity index (χ1v) is 9.83. The van der Waals surface area contributed by atoms with Crippen molar-refractivity contribution in [2.45, 2.75) is 19.9 Å². The highest BCUT2D eigenvalue weighted by atomic mass is 16.4. The maximum Gasteiger partial charge on any atom is 0.344 e. The number of piperazine rings is 1. The zero-order chi connectivity index (χ0) is 20.1. The fraction of sp³-hybridized carbons (Fsp3) is 0.318. The van der Waals surface area contributed by atoms with Gasteiger partial charge in [0, 0.05) is 43.8 Å². The molecule has 7 heteroatoms. The molecule has 0 aliphatic carbocycles. The van der Waals surface area contributed by atoms with Crippen LogP contribution in [0.2, 0.25) is 0 Å². The fourth-order valence-corrected chi connectivity index (χ4v) is 3.90. The third-order valence-electron chi connectivity index (χ3n) is 5.79. The van der Waals surface area contributed by atoms with E-state index >= 15 is 0 Å². The molecule has 0 N–H and O–H groups in total. The summed E-state index contributed by atoms with van der Waals surface area (Å²) < 4.78 is 7.53. The number of aryl methyl sites for hydroxylation is 1. The zero-order valence-corrected chi connectivity index (χ0v) is 16.8. The maximum atomic E-state index is 12.8. The Hall–Kier alpha value is -3.19. The number of likely N-dealkylation sites (N-methyl/N-ethyl adjacent to an activating group) is 1. The quantitative estimate of drug-likeness (QED) is 0.525. The van der Waals surface area contributed by atoms with Crippen molar-refractivity contribution in [1.82, 2.24) is 19.3 Å². The molecule has 4 aromatic rings. The molecule has 0 radical (unpaired) electrons. The lowest BCUT2D eigenvalue weighted by Crippen LogP contribution is -2.50. The second-order valence-electron chi connectivity index (χ2n) is 7.87. The van der Waals surface area contributed by atoms with E-state index in [9.17, 15) is 4.79 Å². The smallest absolute Gasteiger partial charge is 0.344 e. The van der Waals surface area contributed by atoms with Gasteiger partial charge in [-0.3, -0.25) is 4.98 Å². The van der Waals surface area contributed by atoms with Crippen molar-refractivity contribution in [3.8, 4) is 11.5 Å².